The molecule has 0 saturated heterocycles. The van der Waals surface area contributed by atoms with Crippen LogP contribution in [-0.4, -0.2) is 20.5 Å². The van der Waals surface area contributed by atoms with Crippen LogP contribution in [0.4, 0.5) is 0 Å². The number of carbonyl (C=O) groups is 1. The van der Waals surface area contributed by atoms with Crippen molar-refractivity contribution in [2.45, 2.75) is 11.8 Å². The Bertz CT molecular complexity index is 1390. The number of amides is 1. The topological polar surface area (TPSA) is 84.8 Å². The van der Waals surface area contributed by atoms with Gasteiger partial charge in [0.05, 0.1) is 6.21 Å². The molecule has 0 bridgehead atoms. The number of carbonyl (C=O) groups excluding carboxylic acids is 1. The van der Waals surface area contributed by atoms with Gasteiger partial charge in [-0.05, 0) is 65.7 Å². The highest BCUT2D eigenvalue weighted by atomic mass is 32.2. The molecule has 1 amide bonds. The highest BCUT2D eigenvalue weighted by Crippen LogP contribution is 2.20. The van der Waals surface area contributed by atoms with E-state index in [9.17, 15) is 13.2 Å². The first-order valence-corrected chi connectivity index (χ1v) is 11.3. The minimum absolute atomic E-state index is 0.0879. The number of hydrazone groups is 1. The minimum atomic E-state index is -3.91. The number of benzene rings is 4. The van der Waals surface area contributed by atoms with Crippen LogP contribution in [-0.2, 0) is 10.1 Å². The summed E-state index contributed by atoms with van der Waals surface area (Å²) in [6, 6.07) is 25.9. The van der Waals surface area contributed by atoms with E-state index in [1.165, 1.54) is 30.5 Å². The van der Waals surface area contributed by atoms with E-state index < -0.39 is 10.1 Å². The van der Waals surface area contributed by atoms with Gasteiger partial charge in [0, 0.05) is 5.56 Å². The molecule has 4 aromatic rings. The molecule has 4 rings (SSSR count). The van der Waals surface area contributed by atoms with Crippen LogP contribution in [0.5, 0.6) is 5.75 Å². The van der Waals surface area contributed by atoms with E-state index in [2.05, 4.69) is 10.5 Å². The second-order valence-corrected chi connectivity index (χ2v) is 8.69. The van der Waals surface area contributed by atoms with Crippen LogP contribution in [0.3, 0.4) is 0 Å². The van der Waals surface area contributed by atoms with E-state index in [1.807, 2.05) is 43.3 Å². The predicted molar refractivity (Wildman–Crippen MR) is 124 cm³/mol. The monoisotopic (exact) mass is 444 g/mol. The van der Waals surface area contributed by atoms with Crippen LogP contribution < -0.4 is 9.61 Å². The zero-order chi connectivity index (χ0) is 22.6. The van der Waals surface area contributed by atoms with Crippen molar-refractivity contribution in [3.8, 4) is 5.75 Å². The first kappa shape index (κ1) is 21.3. The number of aryl methyl sites for hydroxylation is 1. The first-order valence-electron chi connectivity index (χ1n) is 9.85. The smallest absolute Gasteiger partial charge is 0.339 e. The fourth-order valence-corrected chi connectivity index (χ4v) is 4.07. The molecule has 0 unspecified atom stereocenters. The van der Waals surface area contributed by atoms with E-state index in [-0.39, 0.29) is 16.6 Å². The second kappa shape index (κ2) is 9.03. The largest absolute Gasteiger partial charge is 0.379 e. The third-order valence-corrected chi connectivity index (χ3v) is 6.07. The average molecular weight is 445 g/mol. The van der Waals surface area contributed by atoms with E-state index in [0.29, 0.717) is 11.1 Å². The van der Waals surface area contributed by atoms with Gasteiger partial charge in [0.25, 0.3) is 5.91 Å². The van der Waals surface area contributed by atoms with Gasteiger partial charge < -0.3 is 4.18 Å². The Morgan fingerprint density at radius 1 is 0.875 bits per heavy atom. The minimum Gasteiger partial charge on any atom is -0.379 e. The molecular weight excluding hydrogens is 424 g/mol. The number of hydrogen-bond donors (Lipinski definition) is 1. The van der Waals surface area contributed by atoms with Crippen molar-refractivity contribution in [1.29, 1.82) is 0 Å². The quantitative estimate of drug-likeness (QED) is 0.266. The molecule has 0 saturated carbocycles. The van der Waals surface area contributed by atoms with E-state index in [4.69, 9.17) is 4.18 Å². The Balaban J connectivity index is 1.41. The lowest BCUT2D eigenvalue weighted by atomic mass is 10.0. The van der Waals surface area contributed by atoms with Gasteiger partial charge >= 0.3 is 10.1 Å². The van der Waals surface area contributed by atoms with Crippen molar-refractivity contribution in [3.05, 3.63) is 108 Å². The summed E-state index contributed by atoms with van der Waals surface area (Å²) < 4.78 is 29.9. The summed E-state index contributed by atoms with van der Waals surface area (Å²) in [4.78, 5) is 12.6. The van der Waals surface area contributed by atoms with Crippen molar-refractivity contribution in [1.82, 2.24) is 5.43 Å². The molecule has 0 aromatic heterocycles. The third kappa shape index (κ3) is 4.84. The molecule has 6 nitrogen and oxygen atoms in total. The number of nitrogens with zero attached hydrogens (tertiary/aromatic N) is 1. The summed E-state index contributed by atoms with van der Waals surface area (Å²) in [7, 11) is -3.91. The zero-order valence-electron chi connectivity index (χ0n) is 17.2. The summed E-state index contributed by atoms with van der Waals surface area (Å²) in [6.45, 7) is 1.88. The van der Waals surface area contributed by atoms with E-state index in [0.717, 1.165) is 16.3 Å². The SMILES string of the molecule is Cc1ccc(S(=O)(=O)Oc2ccc(/C=N\NC(=O)c3cccc4ccccc34)cc2)cc1. The molecule has 0 aliphatic heterocycles. The summed E-state index contributed by atoms with van der Waals surface area (Å²) in [5.74, 6) is -0.135. The molecule has 0 radical (unpaired) electrons. The predicted octanol–water partition coefficient (Wildman–Crippen LogP) is 4.68. The lowest BCUT2D eigenvalue weighted by Crippen LogP contribution is -2.17. The standard InChI is InChI=1S/C25H20N2O4S/c1-18-9-15-22(16-10-18)32(29,30)31-21-13-11-19(12-14-21)17-26-27-25(28)24-8-4-6-20-5-2-3-7-23(20)24/h2-17H,1H3,(H,27,28)/b26-17-. The Labute approximate surface area is 186 Å². The van der Waals surface area contributed by atoms with Crippen molar-refractivity contribution in [2.24, 2.45) is 5.10 Å². The molecule has 0 aliphatic rings. The van der Waals surface area contributed by atoms with Crippen molar-refractivity contribution >= 4 is 33.0 Å². The fourth-order valence-electron chi connectivity index (χ4n) is 3.14. The number of hydrogen-bond acceptors (Lipinski definition) is 5. The van der Waals surface area contributed by atoms with Crippen LogP contribution in [0.25, 0.3) is 10.8 Å². The van der Waals surface area contributed by atoms with Gasteiger partial charge in [0.15, 0.2) is 0 Å². The zero-order valence-corrected chi connectivity index (χ0v) is 18.0. The van der Waals surface area contributed by atoms with Crippen molar-refractivity contribution < 1.29 is 17.4 Å². The number of rotatable bonds is 6. The normalized spacial score (nSPS) is 11.5. The van der Waals surface area contributed by atoms with Crippen LogP contribution in [0.2, 0.25) is 0 Å². The summed E-state index contributed by atoms with van der Waals surface area (Å²) in [6.07, 6.45) is 1.47. The van der Waals surface area contributed by atoms with Crippen LogP contribution in [0.15, 0.2) is 101 Å². The average Bonchev–Trinajstić information content (AvgIpc) is 2.80. The number of fused-ring (bicyclic) bond motifs is 1. The highest BCUT2D eigenvalue weighted by Gasteiger charge is 2.16. The van der Waals surface area contributed by atoms with Crippen molar-refractivity contribution in [3.63, 3.8) is 0 Å². The Hall–Kier alpha value is -3.97. The Morgan fingerprint density at radius 2 is 1.56 bits per heavy atom. The van der Waals surface area contributed by atoms with Crippen molar-refractivity contribution in [2.75, 3.05) is 0 Å². The summed E-state index contributed by atoms with van der Waals surface area (Å²) >= 11 is 0. The molecule has 0 atom stereocenters. The third-order valence-electron chi connectivity index (χ3n) is 4.81. The molecule has 160 valence electrons. The number of nitrogens with one attached hydrogen (secondary N) is 1. The van der Waals surface area contributed by atoms with E-state index >= 15 is 0 Å². The molecule has 0 aliphatic carbocycles. The van der Waals surface area contributed by atoms with Gasteiger partial charge in [-0.25, -0.2) is 5.43 Å². The maximum Gasteiger partial charge on any atom is 0.339 e. The van der Waals surface area contributed by atoms with E-state index in [1.54, 1.807) is 30.3 Å². The van der Waals surface area contributed by atoms with Gasteiger partial charge in [-0.15, -0.1) is 0 Å². The Kier molecular flexibility index (Phi) is 6.00. The van der Waals surface area contributed by atoms with Gasteiger partial charge in [-0.3, -0.25) is 4.79 Å². The van der Waals surface area contributed by atoms with Gasteiger partial charge in [-0.2, -0.15) is 13.5 Å². The second-order valence-electron chi connectivity index (χ2n) is 7.15. The Morgan fingerprint density at radius 3 is 2.31 bits per heavy atom. The lowest BCUT2D eigenvalue weighted by molar-refractivity contribution is 0.0956. The molecule has 7 heteroatoms. The highest BCUT2D eigenvalue weighted by molar-refractivity contribution is 7.87. The molecule has 0 fully saturated rings. The summed E-state index contributed by atoms with van der Waals surface area (Å²) in [5.41, 5.74) is 4.68. The maximum absolute atomic E-state index is 12.5. The summed E-state index contributed by atoms with van der Waals surface area (Å²) in [5, 5.41) is 5.82. The maximum atomic E-state index is 12.5. The fraction of sp³-hybridized carbons (Fsp3) is 0.0400. The first-order chi connectivity index (χ1) is 15.4. The van der Waals surface area contributed by atoms with Crippen LogP contribution in [0, 0.1) is 6.92 Å². The molecule has 1 N–H and O–H groups in total. The van der Waals surface area contributed by atoms with Crippen LogP contribution >= 0.6 is 0 Å². The molecule has 0 spiro atoms. The van der Waals surface area contributed by atoms with Gasteiger partial charge in [0.2, 0.25) is 0 Å². The molecule has 0 heterocycles. The molecular formula is C25H20N2O4S. The molecule has 32 heavy (non-hydrogen) atoms. The molecule has 4 aromatic carbocycles. The van der Waals surface area contributed by atoms with Gasteiger partial charge in [0.1, 0.15) is 10.6 Å². The van der Waals surface area contributed by atoms with Gasteiger partial charge in [-0.1, -0.05) is 54.1 Å². The van der Waals surface area contributed by atoms with Crippen LogP contribution in [0.1, 0.15) is 21.5 Å². The lowest BCUT2D eigenvalue weighted by Gasteiger charge is -2.07.